The molecule has 0 spiro atoms. The zero-order chi connectivity index (χ0) is 18.3. The van der Waals surface area contributed by atoms with Crippen LogP contribution < -0.4 is 5.32 Å². The van der Waals surface area contributed by atoms with Crippen LogP contribution in [0.4, 0.5) is 0 Å². The summed E-state index contributed by atoms with van der Waals surface area (Å²) in [6.07, 6.45) is 3.78. The maximum atomic E-state index is 12.4. The Kier molecular flexibility index (Phi) is 4.97. The van der Waals surface area contributed by atoms with Crippen LogP contribution in [0.5, 0.6) is 0 Å². The van der Waals surface area contributed by atoms with Gasteiger partial charge in [-0.3, -0.25) is 14.7 Å². The van der Waals surface area contributed by atoms with Crippen molar-refractivity contribution in [3.8, 4) is 0 Å². The van der Waals surface area contributed by atoms with E-state index in [1.807, 2.05) is 36.5 Å². The molecule has 1 aliphatic carbocycles. The Morgan fingerprint density at radius 3 is 2.81 bits per heavy atom. The highest BCUT2D eigenvalue weighted by Crippen LogP contribution is 2.40. The summed E-state index contributed by atoms with van der Waals surface area (Å²) in [7, 11) is 0. The standard InChI is InChI=1S/C20H19BrClN3O/c1-12(26)17-9-13-8-14(21)11-24-19(13)20(25-6-4-23-5-7-25)16-3-2-15(22)10-18(16)17/h2-3,8-11,20,23H,4-7H2,1H3. The molecule has 4 rings (SSSR count). The van der Waals surface area contributed by atoms with Crippen molar-refractivity contribution in [1.82, 2.24) is 15.2 Å². The van der Waals surface area contributed by atoms with Crippen LogP contribution in [0.1, 0.15) is 35.3 Å². The summed E-state index contributed by atoms with van der Waals surface area (Å²) in [6, 6.07) is 7.88. The highest BCUT2D eigenvalue weighted by Gasteiger charge is 2.32. The first-order valence-corrected chi connectivity index (χ1v) is 9.84. The molecule has 6 heteroatoms. The number of fused-ring (bicyclic) bond motifs is 2. The molecule has 1 aromatic carbocycles. The van der Waals surface area contributed by atoms with Crippen molar-refractivity contribution in [2.24, 2.45) is 0 Å². The lowest BCUT2D eigenvalue weighted by atomic mass is 9.92. The minimum atomic E-state index is 0.000525. The summed E-state index contributed by atoms with van der Waals surface area (Å²) in [6.45, 7) is 5.35. The molecule has 1 N–H and O–H groups in total. The van der Waals surface area contributed by atoms with E-state index in [2.05, 4.69) is 26.1 Å². The van der Waals surface area contributed by atoms with Crippen molar-refractivity contribution in [3.05, 3.63) is 62.3 Å². The van der Waals surface area contributed by atoms with Gasteiger partial charge in [-0.25, -0.2) is 0 Å². The predicted octanol–water partition coefficient (Wildman–Crippen LogP) is 3.94. The number of nitrogens with zero attached hydrogens (tertiary/aromatic N) is 2. The Hall–Kier alpha value is -1.53. The van der Waals surface area contributed by atoms with Crippen molar-refractivity contribution in [1.29, 1.82) is 0 Å². The number of Topliss-reactive ketones (excluding diaryl/α,β-unsaturated/α-hetero) is 1. The van der Waals surface area contributed by atoms with E-state index in [1.165, 1.54) is 0 Å². The summed E-state index contributed by atoms with van der Waals surface area (Å²) in [5.74, 6) is 0.0282. The first-order chi connectivity index (χ1) is 12.5. The molecule has 4 nitrogen and oxygen atoms in total. The molecule has 2 aliphatic rings. The third kappa shape index (κ3) is 3.25. The minimum Gasteiger partial charge on any atom is -0.314 e. The Bertz CT molecular complexity index is 906. The normalized spacial score (nSPS) is 20.0. The van der Waals surface area contributed by atoms with E-state index in [-0.39, 0.29) is 11.8 Å². The van der Waals surface area contributed by atoms with Gasteiger partial charge in [-0.1, -0.05) is 17.7 Å². The van der Waals surface area contributed by atoms with Crippen LogP contribution in [-0.4, -0.2) is 41.8 Å². The predicted molar refractivity (Wildman–Crippen MR) is 108 cm³/mol. The zero-order valence-electron chi connectivity index (χ0n) is 14.4. The van der Waals surface area contributed by atoms with Gasteiger partial charge in [0.05, 0.1) is 11.7 Å². The average Bonchev–Trinajstić information content (AvgIpc) is 2.76. The second-order valence-corrected chi connectivity index (χ2v) is 8.01. The van der Waals surface area contributed by atoms with Crippen molar-refractivity contribution in [2.45, 2.75) is 13.0 Å². The number of aromatic nitrogens is 1. The van der Waals surface area contributed by atoms with E-state index in [4.69, 9.17) is 16.6 Å². The monoisotopic (exact) mass is 431 g/mol. The van der Waals surface area contributed by atoms with Gasteiger partial charge in [-0.2, -0.15) is 0 Å². The molecule has 1 atom stereocenters. The first-order valence-electron chi connectivity index (χ1n) is 8.67. The van der Waals surface area contributed by atoms with Crippen molar-refractivity contribution >= 4 is 45.0 Å². The second kappa shape index (κ2) is 7.24. The van der Waals surface area contributed by atoms with E-state index in [1.54, 1.807) is 6.92 Å². The fourth-order valence-electron chi connectivity index (χ4n) is 3.79. The van der Waals surface area contributed by atoms with Crippen LogP contribution in [0, 0.1) is 0 Å². The van der Waals surface area contributed by atoms with Crippen LogP contribution in [0.2, 0.25) is 5.02 Å². The SMILES string of the molecule is CC(=O)C1=Cc2cc(Br)cnc2C(N2CCNCC2)c2ccc(Cl)cc21. The number of carbonyl (C=O) groups is 1. The fourth-order valence-corrected chi connectivity index (χ4v) is 4.31. The largest absolute Gasteiger partial charge is 0.314 e. The van der Waals surface area contributed by atoms with Crippen LogP contribution in [0.25, 0.3) is 11.6 Å². The lowest BCUT2D eigenvalue weighted by molar-refractivity contribution is -0.111. The zero-order valence-corrected chi connectivity index (χ0v) is 16.8. The highest BCUT2D eigenvalue weighted by atomic mass is 79.9. The quantitative estimate of drug-likeness (QED) is 0.781. The number of allylic oxidation sites excluding steroid dienone is 1. The molecule has 2 heterocycles. The van der Waals surface area contributed by atoms with E-state index in [9.17, 15) is 4.79 Å². The lowest BCUT2D eigenvalue weighted by Crippen LogP contribution is -2.45. The third-order valence-corrected chi connectivity index (χ3v) is 5.64. The molecule has 134 valence electrons. The van der Waals surface area contributed by atoms with E-state index >= 15 is 0 Å². The lowest BCUT2D eigenvalue weighted by Gasteiger charge is -2.35. The molecular formula is C20H19BrClN3O. The van der Waals surface area contributed by atoms with Gasteiger partial charge in [-0.15, -0.1) is 0 Å². The van der Waals surface area contributed by atoms with Gasteiger partial charge in [-0.05, 0) is 63.8 Å². The number of halogens is 2. The molecule has 1 fully saturated rings. The average molecular weight is 433 g/mol. The summed E-state index contributed by atoms with van der Waals surface area (Å²) in [5.41, 5.74) is 4.63. The fraction of sp³-hybridized carbons (Fsp3) is 0.300. The van der Waals surface area contributed by atoms with E-state index in [0.717, 1.165) is 53.0 Å². The number of benzene rings is 1. The number of nitrogens with one attached hydrogen (secondary N) is 1. The van der Waals surface area contributed by atoms with Crippen LogP contribution in [-0.2, 0) is 4.79 Å². The molecule has 26 heavy (non-hydrogen) atoms. The number of rotatable bonds is 2. The molecule has 0 bridgehead atoms. The Balaban J connectivity index is 1.99. The van der Waals surface area contributed by atoms with E-state index < -0.39 is 0 Å². The maximum absolute atomic E-state index is 12.4. The molecule has 2 aromatic rings. The number of ketones is 1. The smallest absolute Gasteiger partial charge is 0.160 e. The summed E-state index contributed by atoms with van der Waals surface area (Å²) >= 11 is 9.80. The number of hydrogen-bond donors (Lipinski definition) is 1. The van der Waals surface area contributed by atoms with Crippen LogP contribution in [0.15, 0.2) is 34.9 Å². The topological polar surface area (TPSA) is 45.2 Å². The molecule has 0 saturated carbocycles. The van der Waals surface area contributed by atoms with Gasteiger partial charge in [0.25, 0.3) is 0 Å². The molecule has 1 aliphatic heterocycles. The molecule has 0 amide bonds. The minimum absolute atomic E-state index is 0.000525. The highest BCUT2D eigenvalue weighted by molar-refractivity contribution is 9.10. The van der Waals surface area contributed by atoms with Gasteiger partial charge in [0.2, 0.25) is 0 Å². The Morgan fingerprint density at radius 1 is 1.31 bits per heavy atom. The van der Waals surface area contributed by atoms with E-state index in [0.29, 0.717) is 10.6 Å². The number of pyridine rings is 1. The number of piperazine rings is 1. The number of carbonyl (C=O) groups excluding carboxylic acids is 1. The van der Waals surface area contributed by atoms with Gasteiger partial charge >= 0.3 is 0 Å². The summed E-state index contributed by atoms with van der Waals surface area (Å²) in [4.78, 5) is 19.6. The van der Waals surface area contributed by atoms with Crippen molar-refractivity contribution in [3.63, 3.8) is 0 Å². The molecule has 1 unspecified atom stereocenters. The third-order valence-electron chi connectivity index (χ3n) is 4.97. The summed E-state index contributed by atoms with van der Waals surface area (Å²) < 4.78 is 0.901. The summed E-state index contributed by atoms with van der Waals surface area (Å²) in [5, 5.41) is 4.04. The first kappa shape index (κ1) is 17.9. The van der Waals surface area contributed by atoms with Gasteiger partial charge in [0, 0.05) is 47.4 Å². The van der Waals surface area contributed by atoms with Gasteiger partial charge in [0.15, 0.2) is 5.78 Å². The van der Waals surface area contributed by atoms with Crippen molar-refractivity contribution < 1.29 is 4.79 Å². The molecule has 1 saturated heterocycles. The Labute approximate surface area is 166 Å². The number of hydrogen-bond acceptors (Lipinski definition) is 4. The Morgan fingerprint density at radius 2 is 2.08 bits per heavy atom. The van der Waals surface area contributed by atoms with Crippen LogP contribution >= 0.6 is 27.5 Å². The maximum Gasteiger partial charge on any atom is 0.160 e. The van der Waals surface area contributed by atoms with Gasteiger partial charge < -0.3 is 5.32 Å². The molecule has 1 aromatic heterocycles. The second-order valence-electron chi connectivity index (χ2n) is 6.66. The van der Waals surface area contributed by atoms with Gasteiger partial charge in [0.1, 0.15) is 0 Å². The van der Waals surface area contributed by atoms with Crippen molar-refractivity contribution in [2.75, 3.05) is 26.2 Å². The molecule has 0 radical (unpaired) electrons. The molecular weight excluding hydrogens is 414 g/mol. The van der Waals surface area contributed by atoms with Crippen LogP contribution in [0.3, 0.4) is 0 Å².